The highest BCUT2D eigenvalue weighted by atomic mass is 79.9. The van der Waals surface area contributed by atoms with Gasteiger partial charge in [0.1, 0.15) is 24.4 Å². The molecule has 0 saturated carbocycles. The summed E-state index contributed by atoms with van der Waals surface area (Å²) in [4.78, 5) is 51.6. The van der Waals surface area contributed by atoms with Gasteiger partial charge in [0.25, 0.3) is 11.8 Å². The Kier molecular flexibility index (Phi) is 10.7. The van der Waals surface area contributed by atoms with Gasteiger partial charge in [0, 0.05) is 40.9 Å². The molecule has 2 N–H and O–H groups in total. The molecule has 288 valence electrons. The average molecular weight is 834 g/mol. The average Bonchev–Trinajstić information content (AvgIpc) is 3.43. The summed E-state index contributed by atoms with van der Waals surface area (Å²) in [6, 6.07) is 16.4. The number of benzene rings is 3. The summed E-state index contributed by atoms with van der Waals surface area (Å²) < 4.78 is 88.0. The van der Waals surface area contributed by atoms with Crippen molar-refractivity contribution in [3.8, 4) is 22.7 Å². The van der Waals surface area contributed by atoms with E-state index in [4.69, 9.17) is 4.74 Å². The van der Waals surface area contributed by atoms with Crippen molar-refractivity contribution in [1.29, 1.82) is 0 Å². The van der Waals surface area contributed by atoms with Crippen LogP contribution in [0.4, 0.5) is 26.3 Å². The van der Waals surface area contributed by atoms with Crippen LogP contribution in [0.1, 0.15) is 51.5 Å². The van der Waals surface area contributed by atoms with Crippen molar-refractivity contribution in [3.63, 3.8) is 0 Å². The first-order valence-electron chi connectivity index (χ1n) is 16.5. The Labute approximate surface area is 317 Å². The third-order valence-electron chi connectivity index (χ3n) is 9.08. The SMILES string of the molecule is C[C@H]1Cn2c(c(C(=O)NCc3ccccc3-c3ccncn3)n(-c3ccc(OC[C@@](C)(O)C(F)(F)F)cc3)c2=O)CN1C(=O)c1ccc(Br)c(C(F)(F)F)c1. The molecule has 3 heterocycles. The van der Waals surface area contributed by atoms with Gasteiger partial charge in [0.15, 0.2) is 5.60 Å². The first-order chi connectivity index (χ1) is 25.9. The quantitative estimate of drug-likeness (QED) is 0.161. The number of imidazole rings is 1. The number of amides is 2. The minimum absolute atomic E-state index is 0.0398. The summed E-state index contributed by atoms with van der Waals surface area (Å²) in [5.41, 5.74) is -3.18. The van der Waals surface area contributed by atoms with Gasteiger partial charge in [-0.3, -0.25) is 18.7 Å². The van der Waals surface area contributed by atoms with Crippen LogP contribution in [0.15, 0.2) is 94.6 Å². The second-order valence-corrected chi connectivity index (χ2v) is 13.8. The molecule has 2 aromatic heterocycles. The normalized spacial score (nSPS) is 15.6. The number of halogens is 7. The second-order valence-electron chi connectivity index (χ2n) is 13.0. The van der Waals surface area contributed by atoms with Gasteiger partial charge >= 0.3 is 18.0 Å². The number of carbonyl (C=O) groups excluding carboxylic acids is 2. The molecule has 0 fully saturated rings. The predicted molar refractivity (Wildman–Crippen MR) is 189 cm³/mol. The number of fused-ring (bicyclic) bond motifs is 1. The van der Waals surface area contributed by atoms with E-state index >= 15 is 0 Å². The van der Waals surface area contributed by atoms with Crippen molar-refractivity contribution in [1.82, 2.24) is 29.3 Å². The molecule has 0 saturated heterocycles. The molecule has 5 aromatic rings. The zero-order chi connectivity index (χ0) is 39.9. The van der Waals surface area contributed by atoms with Crippen molar-refractivity contribution in [3.05, 3.63) is 128 Å². The Morgan fingerprint density at radius 3 is 2.38 bits per heavy atom. The molecule has 0 aliphatic carbocycles. The highest BCUT2D eigenvalue weighted by Crippen LogP contribution is 2.36. The van der Waals surface area contributed by atoms with E-state index in [-0.39, 0.29) is 52.5 Å². The third kappa shape index (κ3) is 8.00. The first-order valence-corrected chi connectivity index (χ1v) is 17.3. The monoisotopic (exact) mass is 832 g/mol. The van der Waals surface area contributed by atoms with Crippen molar-refractivity contribution >= 4 is 27.7 Å². The smallest absolute Gasteiger partial charge is 0.420 e. The summed E-state index contributed by atoms with van der Waals surface area (Å²) >= 11 is 2.88. The topological polar surface area (TPSA) is 132 Å². The number of aromatic nitrogens is 4. The highest BCUT2D eigenvalue weighted by molar-refractivity contribution is 9.10. The molecular weight excluding hydrogens is 802 g/mol. The van der Waals surface area contributed by atoms with Gasteiger partial charge < -0.3 is 20.1 Å². The Balaban J connectivity index is 1.38. The minimum Gasteiger partial charge on any atom is -0.490 e. The van der Waals surface area contributed by atoms with Gasteiger partial charge in [-0.1, -0.05) is 40.2 Å². The number of hydrogen-bond acceptors (Lipinski definition) is 7. The number of nitrogens with one attached hydrogen (secondary N) is 1. The third-order valence-corrected chi connectivity index (χ3v) is 9.77. The molecule has 1 aliphatic rings. The number of ether oxygens (including phenoxy) is 1. The van der Waals surface area contributed by atoms with Crippen LogP contribution < -0.4 is 15.7 Å². The molecular formula is C37H31BrF6N6O5. The Morgan fingerprint density at radius 1 is 1.02 bits per heavy atom. The molecule has 0 bridgehead atoms. The van der Waals surface area contributed by atoms with E-state index in [9.17, 15) is 45.8 Å². The molecule has 0 radical (unpaired) electrons. The van der Waals surface area contributed by atoms with Gasteiger partial charge in [-0.15, -0.1) is 0 Å². The first kappa shape index (κ1) is 39.2. The fourth-order valence-electron chi connectivity index (χ4n) is 6.03. The van der Waals surface area contributed by atoms with Crippen LogP contribution in [0.2, 0.25) is 0 Å². The van der Waals surface area contributed by atoms with E-state index in [1.807, 2.05) is 0 Å². The van der Waals surface area contributed by atoms with Crippen LogP contribution in [0.25, 0.3) is 16.9 Å². The number of alkyl halides is 6. The predicted octanol–water partition coefficient (Wildman–Crippen LogP) is 6.54. The Bertz CT molecular complexity index is 2290. The van der Waals surface area contributed by atoms with E-state index in [2.05, 4.69) is 31.2 Å². The summed E-state index contributed by atoms with van der Waals surface area (Å²) in [6.07, 6.45) is -6.79. The van der Waals surface area contributed by atoms with E-state index in [1.54, 1.807) is 43.5 Å². The molecule has 2 atom stereocenters. The summed E-state index contributed by atoms with van der Waals surface area (Å²) in [6.45, 7) is 0.547. The molecule has 18 heteroatoms. The van der Waals surface area contributed by atoms with Gasteiger partial charge in [-0.25, -0.2) is 14.8 Å². The van der Waals surface area contributed by atoms with Crippen LogP contribution in [0.3, 0.4) is 0 Å². The maximum absolute atomic E-state index is 14.2. The van der Waals surface area contributed by atoms with E-state index in [0.717, 1.165) is 16.7 Å². The number of hydrogen-bond donors (Lipinski definition) is 2. The molecule has 0 unspecified atom stereocenters. The molecule has 55 heavy (non-hydrogen) atoms. The summed E-state index contributed by atoms with van der Waals surface area (Å²) in [5, 5.41) is 12.6. The fraction of sp³-hybridized carbons (Fsp3) is 0.270. The molecule has 1 aliphatic heterocycles. The van der Waals surface area contributed by atoms with Crippen LogP contribution in [-0.4, -0.2) is 65.3 Å². The lowest BCUT2D eigenvalue weighted by Gasteiger charge is -2.34. The van der Waals surface area contributed by atoms with Crippen LogP contribution in [0, 0.1) is 0 Å². The number of carbonyl (C=O) groups is 2. The second kappa shape index (κ2) is 15.0. The molecule has 6 rings (SSSR count). The van der Waals surface area contributed by atoms with Crippen LogP contribution in [0.5, 0.6) is 5.75 Å². The lowest BCUT2D eigenvalue weighted by Crippen LogP contribution is -2.47. The molecule has 0 spiro atoms. The fourth-order valence-corrected chi connectivity index (χ4v) is 6.50. The lowest BCUT2D eigenvalue weighted by molar-refractivity contribution is -0.260. The van der Waals surface area contributed by atoms with Crippen LogP contribution in [-0.2, 0) is 25.8 Å². The van der Waals surface area contributed by atoms with Crippen LogP contribution >= 0.6 is 15.9 Å². The van der Waals surface area contributed by atoms with Crippen molar-refractivity contribution in [2.75, 3.05) is 6.61 Å². The van der Waals surface area contributed by atoms with E-state index in [1.165, 1.54) is 46.1 Å². The molecule has 3 aromatic carbocycles. The Morgan fingerprint density at radius 2 is 1.73 bits per heavy atom. The number of rotatable bonds is 9. The maximum Gasteiger partial charge on any atom is 0.420 e. The minimum atomic E-state index is -4.96. The summed E-state index contributed by atoms with van der Waals surface area (Å²) in [7, 11) is 0. The van der Waals surface area contributed by atoms with Gasteiger partial charge in [0.2, 0.25) is 0 Å². The summed E-state index contributed by atoms with van der Waals surface area (Å²) in [5.74, 6) is -1.58. The molecule has 2 amide bonds. The molecule has 11 nitrogen and oxygen atoms in total. The number of aliphatic hydroxyl groups is 1. The van der Waals surface area contributed by atoms with Crippen molar-refractivity contribution in [2.45, 2.75) is 57.5 Å². The highest BCUT2D eigenvalue weighted by Gasteiger charge is 2.50. The zero-order valence-electron chi connectivity index (χ0n) is 29.0. The van der Waals surface area contributed by atoms with Crippen molar-refractivity contribution in [2.24, 2.45) is 0 Å². The Hall–Kier alpha value is -5.49. The lowest BCUT2D eigenvalue weighted by atomic mass is 10.0. The largest absolute Gasteiger partial charge is 0.490 e. The standard InChI is InChI=1S/C37H31BrF6N6O5/c1-21-17-49-30(18-48(21)33(52)22-7-12-28(38)27(15-22)36(39,40)41)31(32(51)46-16-23-5-3-4-6-26(23)29-13-14-45-20-47-29)50(34(49)53)24-8-10-25(11-9-24)55-19-35(2,54)37(42,43)44/h3-15,20-21,54H,16-19H2,1-2H3,(H,46,51)/t21-,35+/m0/s1. The van der Waals surface area contributed by atoms with E-state index < -0.39 is 53.7 Å². The van der Waals surface area contributed by atoms with E-state index in [0.29, 0.717) is 23.7 Å². The number of nitrogens with zero attached hydrogens (tertiary/aromatic N) is 5. The van der Waals surface area contributed by atoms with Gasteiger partial charge in [-0.2, -0.15) is 26.3 Å². The maximum atomic E-state index is 14.2. The zero-order valence-corrected chi connectivity index (χ0v) is 30.5. The van der Waals surface area contributed by atoms with Crippen molar-refractivity contribution < 1.29 is 45.8 Å². The van der Waals surface area contributed by atoms with Gasteiger partial charge in [-0.05, 0) is 67.9 Å². The van der Waals surface area contributed by atoms with Gasteiger partial charge in [0.05, 0.1) is 29.2 Å².